The second-order valence-corrected chi connectivity index (χ2v) is 4.75. The number of aliphatic carboxylic acids is 1. The molecule has 0 spiro atoms. The van der Waals surface area contributed by atoms with Crippen LogP contribution in [-0.4, -0.2) is 23.0 Å². The number of amides is 1. The fourth-order valence-corrected chi connectivity index (χ4v) is 2.10. The van der Waals surface area contributed by atoms with Crippen LogP contribution in [0.1, 0.15) is 32.1 Å². The fraction of sp³-hybridized carbons (Fsp3) is 0.667. The fourth-order valence-electron chi connectivity index (χ4n) is 2.10. The van der Waals surface area contributed by atoms with Crippen molar-refractivity contribution in [3.63, 3.8) is 0 Å². The summed E-state index contributed by atoms with van der Waals surface area (Å²) in [6, 6.07) is 0.0393. The lowest BCUT2D eigenvalue weighted by molar-refractivity contribution is -0.141. The molecule has 0 heterocycles. The molecule has 88 valence electrons. The normalized spacial score (nSPS) is 29.5. The predicted molar refractivity (Wildman–Crippen MR) is 58.8 cm³/mol. The van der Waals surface area contributed by atoms with Gasteiger partial charge in [0, 0.05) is 6.04 Å². The van der Waals surface area contributed by atoms with Gasteiger partial charge in [-0.2, -0.15) is 0 Å². The number of carbonyl (C=O) groups excluding carboxylic acids is 1. The molecule has 1 amide bonds. The van der Waals surface area contributed by atoms with Crippen LogP contribution in [0.3, 0.4) is 0 Å². The number of carboxylic acid groups (broad SMARTS) is 1. The van der Waals surface area contributed by atoms with E-state index in [4.69, 9.17) is 5.11 Å². The van der Waals surface area contributed by atoms with Gasteiger partial charge in [-0.05, 0) is 44.1 Å². The van der Waals surface area contributed by atoms with Crippen molar-refractivity contribution in [3.8, 4) is 0 Å². The number of carboxylic acids is 1. The Kier molecular flexibility index (Phi) is 3.27. The first-order chi connectivity index (χ1) is 7.65. The minimum absolute atomic E-state index is 0.0393. The highest BCUT2D eigenvalue weighted by molar-refractivity contribution is 5.87. The van der Waals surface area contributed by atoms with Gasteiger partial charge in [-0.15, -0.1) is 0 Å². The average molecular weight is 223 g/mol. The van der Waals surface area contributed by atoms with E-state index in [-0.39, 0.29) is 17.9 Å². The second-order valence-electron chi connectivity index (χ2n) is 4.75. The summed E-state index contributed by atoms with van der Waals surface area (Å²) < 4.78 is 0. The summed E-state index contributed by atoms with van der Waals surface area (Å²) in [5.74, 6) is -0.507. The smallest absolute Gasteiger partial charge is 0.306 e. The zero-order valence-corrected chi connectivity index (χ0v) is 9.19. The summed E-state index contributed by atoms with van der Waals surface area (Å²) >= 11 is 0. The molecule has 2 atom stereocenters. The highest BCUT2D eigenvalue weighted by Gasteiger charge is 2.30. The van der Waals surface area contributed by atoms with Crippen LogP contribution in [-0.2, 0) is 9.59 Å². The van der Waals surface area contributed by atoms with Crippen LogP contribution in [0.2, 0.25) is 0 Å². The van der Waals surface area contributed by atoms with Gasteiger partial charge < -0.3 is 10.4 Å². The molecule has 0 bridgehead atoms. The first-order valence-electron chi connectivity index (χ1n) is 5.86. The summed E-state index contributed by atoms with van der Waals surface area (Å²) in [4.78, 5) is 22.2. The maximum absolute atomic E-state index is 11.5. The molecule has 2 aliphatic carbocycles. The zero-order valence-electron chi connectivity index (χ0n) is 9.19. The van der Waals surface area contributed by atoms with Crippen molar-refractivity contribution in [1.82, 2.24) is 5.32 Å². The minimum Gasteiger partial charge on any atom is -0.481 e. The standard InChI is InChI=1S/C12H17NO3/c14-11(6-3-8-1-2-8)13-10-5-4-9(7-10)12(15)16/h3,6,8-10H,1-2,4-5,7H2,(H,13,14)(H,15,16)/b6-3+. The second kappa shape index (κ2) is 4.68. The molecule has 4 heteroatoms. The minimum atomic E-state index is -0.745. The first kappa shape index (κ1) is 11.2. The number of nitrogens with one attached hydrogen (secondary N) is 1. The van der Waals surface area contributed by atoms with E-state index in [0.29, 0.717) is 18.8 Å². The molecule has 0 aromatic rings. The number of hydrogen-bond donors (Lipinski definition) is 2. The predicted octanol–water partition coefficient (Wildman–Crippen LogP) is 1.32. The Morgan fingerprint density at radius 3 is 2.50 bits per heavy atom. The van der Waals surface area contributed by atoms with Crippen LogP contribution in [0.25, 0.3) is 0 Å². The van der Waals surface area contributed by atoms with Crippen LogP contribution in [0.4, 0.5) is 0 Å². The van der Waals surface area contributed by atoms with E-state index < -0.39 is 5.97 Å². The Bertz CT molecular complexity index is 320. The van der Waals surface area contributed by atoms with Crippen molar-refractivity contribution in [2.45, 2.75) is 38.1 Å². The lowest BCUT2D eigenvalue weighted by Crippen LogP contribution is -2.32. The van der Waals surface area contributed by atoms with Gasteiger partial charge in [0.2, 0.25) is 5.91 Å². The topological polar surface area (TPSA) is 66.4 Å². The number of hydrogen-bond acceptors (Lipinski definition) is 2. The third-order valence-electron chi connectivity index (χ3n) is 3.27. The Morgan fingerprint density at radius 2 is 1.94 bits per heavy atom. The molecule has 2 aliphatic rings. The number of rotatable bonds is 4. The quantitative estimate of drug-likeness (QED) is 0.706. The van der Waals surface area contributed by atoms with Crippen molar-refractivity contribution in [2.75, 3.05) is 0 Å². The van der Waals surface area contributed by atoms with Gasteiger partial charge in [0.1, 0.15) is 0 Å². The van der Waals surface area contributed by atoms with E-state index in [1.54, 1.807) is 6.08 Å². The third-order valence-corrected chi connectivity index (χ3v) is 3.27. The van der Waals surface area contributed by atoms with E-state index >= 15 is 0 Å². The van der Waals surface area contributed by atoms with Gasteiger partial charge in [0.15, 0.2) is 0 Å². The van der Waals surface area contributed by atoms with E-state index in [1.165, 1.54) is 12.8 Å². The Labute approximate surface area is 94.7 Å². The van der Waals surface area contributed by atoms with Gasteiger partial charge in [-0.1, -0.05) is 6.08 Å². The van der Waals surface area contributed by atoms with Crippen molar-refractivity contribution < 1.29 is 14.7 Å². The van der Waals surface area contributed by atoms with Gasteiger partial charge in [0.25, 0.3) is 0 Å². The molecule has 2 fully saturated rings. The number of allylic oxidation sites excluding steroid dienone is 1. The van der Waals surface area contributed by atoms with E-state index in [1.807, 2.05) is 6.08 Å². The van der Waals surface area contributed by atoms with Crippen molar-refractivity contribution in [1.29, 1.82) is 0 Å². The van der Waals surface area contributed by atoms with Crippen LogP contribution in [0, 0.1) is 11.8 Å². The molecule has 0 aromatic carbocycles. The largest absolute Gasteiger partial charge is 0.481 e. The molecule has 2 saturated carbocycles. The Hall–Kier alpha value is -1.32. The first-order valence-corrected chi connectivity index (χ1v) is 5.86. The molecule has 16 heavy (non-hydrogen) atoms. The highest BCUT2D eigenvalue weighted by atomic mass is 16.4. The molecular formula is C12H17NO3. The van der Waals surface area contributed by atoms with Gasteiger partial charge in [-0.3, -0.25) is 9.59 Å². The summed E-state index contributed by atoms with van der Waals surface area (Å²) in [5.41, 5.74) is 0. The summed E-state index contributed by atoms with van der Waals surface area (Å²) in [5, 5.41) is 11.7. The molecule has 4 nitrogen and oxygen atoms in total. The van der Waals surface area contributed by atoms with Crippen LogP contribution >= 0.6 is 0 Å². The molecule has 2 unspecified atom stereocenters. The molecule has 0 aliphatic heterocycles. The monoisotopic (exact) mass is 223 g/mol. The maximum atomic E-state index is 11.5. The molecule has 0 aromatic heterocycles. The lowest BCUT2D eigenvalue weighted by Gasteiger charge is -2.10. The average Bonchev–Trinajstić information content (AvgIpc) is 2.95. The third kappa shape index (κ3) is 3.08. The molecular weight excluding hydrogens is 206 g/mol. The van der Waals surface area contributed by atoms with E-state index in [0.717, 1.165) is 6.42 Å². The Balaban J connectivity index is 1.73. The van der Waals surface area contributed by atoms with Crippen molar-refractivity contribution in [2.24, 2.45) is 11.8 Å². The molecule has 0 saturated heterocycles. The van der Waals surface area contributed by atoms with Crippen LogP contribution in [0.15, 0.2) is 12.2 Å². The van der Waals surface area contributed by atoms with Crippen LogP contribution < -0.4 is 5.32 Å². The lowest BCUT2D eigenvalue weighted by atomic mass is 10.1. The molecule has 0 radical (unpaired) electrons. The zero-order chi connectivity index (χ0) is 11.5. The van der Waals surface area contributed by atoms with Gasteiger partial charge in [0.05, 0.1) is 5.92 Å². The van der Waals surface area contributed by atoms with E-state index in [9.17, 15) is 9.59 Å². The summed E-state index contributed by atoms with van der Waals surface area (Å²) in [7, 11) is 0. The van der Waals surface area contributed by atoms with Crippen LogP contribution in [0.5, 0.6) is 0 Å². The molecule has 2 N–H and O–H groups in total. The van der Waals surface area contributed by atoms with Gasteiger partial charge in [-0.25, -0.2) is 0 Å². The Morgan fingerprint density at radius 1 is 1.19 bits per heavy atom. The SMILES string of the molecule is O=C(/C=C/C1CC1)NC1CCC(C(=O)O)C1. The van der Waals surface area contributed by atoms with Gasteiger partial charge >= 0.3 is 5.97 Å². The summed E-state index contributed by atoms with van der Waals surface area (Å²) in [6.07, 6.45) is 7.93. The highest BCUT2D eigenvalue weighted by Crippen LogP contribution is 2.30. The van der Waals surface area contributed by atoms with E-state index in [2.05, 4.69) is 5.32 Å². The van der Waals surface area contributed by atoms with Crippen molar-refractivity contribution >= 4 is 11.9 Å². The summed E-state index contributed by atoms with van der Waals surface area (Å²) in [6.45, 7) is 0. The molecule has 2 rings (SSSR count). The maximum Gasteiger partial charge on any atom is 0.306 e. The van der Waals surface area contributed by atoms with Crippen molar-refractivity contribution in [3.05, 3.63) is 12.2 Å². The number of carbonyl (C=O) groups is 2.